The highest BCUT2D eigenvalue weighted by Crippen LogP contribution is 2.29. The number of hydrogen-bond donors (Lipinski definition) is 3. The number of methoxy groups -OCH3 is 2. The van der Waals surface area contributed by atoms with Gasteiger partial charge in [0, 0.05) is 22.6 Å². The lowest BCUT2D eigenvalue weighted by molar-refractivity contribution is -0.118. The predicted molar refractivity (Wildman–Crippen MR) is 144 cm³/mol. The van der Waals surface area contributed by atoms with Gasteiger partial charge in [-0.05, 0) is 66.7 Å². The van der Waals surface area contributed by atoms with Gasteiger partial charge in [-0.2, -0.15) is 0 Å². The van der Waals surface area contributed by atoms with E-state index in [0.717, 1.165) is 11.4 Å². The van der Waals surface area contributed by atoms with Gasteiger partial charge in [0.1, 0.15) is 5.75 Å². The summed E-state index contributed by atoms with van der Waals surface area (Å²) in [5, 5.41) is 8.91. The molecule has 0 saturated carbocycles. The number of benzene rings is 4. The first-order valence-electron chi connectivity index (χ1n) is 11.5. The average Bonchev–Trinajstić information content (AvgIpc) is 2.93. The summed E-state index contributed by atoms with van der Waals surface area (Å²) >= 11 is 0. The lowest BCUT2D eigenvalue weighted by Crippen LogP contribution is -2.20. The van der Waals surface area contributed by atoms with Crippen LogP contribution in [0.5, 0.6) is 17.2 Å². The van der Waals surface area contributed by atoms with E-state index in [0.29, 0.717) is 34.2 Å². The van der Waals surface area contributed by atoms with Crippen molar-refractivity contribution in [2.75, 3.05) is 36.8 Å². The molecule has 0 aliphatic rings. The zero-order valence-corrected chi connectivity index (χ0v) is 20.5. The van der Waals surface area contributed by atoms with E-state index in [9.17, 15) is 9.59 Å². The van der Waals surface area contributed by atoms with Crippen molar-refractivity contribution in [1.82, 2.24) is 0 Å². The van der Waals surface area contributed by atoms with E-state index < -0.39 is 0 Å². The van der Waals surface area contributed by atoms with E-state index in [1.54, 1.807) is 36.4 Å². The molecule has 0 aliphatic carbocycles. The Bertz CT molecular complexity index is 1360. The standard InChI is InChI=1S/C29H27N3O5/c1-35-25-11-7-6-10-24(25)32-28(33)19-37-26-17-12-20(18-27(26)36-2)29(34)31-23-15-13-22(14-16-23)30-21-8-4-3-5-9-21/h3-18,30H,19H2,1-2H3,(H,31,34)(H,32,33). The molecule has 0 fully saturated rings. The number of para-hydroxylation sites is 3. The Kier molecular flexibility index (Phi) is 8.23. The molecule has 0 saturated heterocycles. The average molecular weight is 498 g/mol. The number of amides is 2. The Morgan fingerprint density at radius 2 is 1.30 bits per heavy atom. The highest BCUT2D eigenvalue weighted by atomic mass is 16.5. The van der Waals surface area contributed by atoms with Crippen LogP contribution in [0.15, 0.2) is 97.1 Å². The molecular weight excluding hydrogens is 470 g/mol. The Morgan fingerprint density at radius 1 is 0.649 bits per heavy atom. The molecule has 3 N–H and O–H groups in total. The van der Waals surface area contributed by atoms with Gasteiger partial charge in [-0.25, -0.2) is 0 Å². The minimum absolute atomic E-state index is 0.247. The molecule has 0 radical (unpaired) electrons. The second-order valence-corrected chi connectivity index (χ2v) is 7.93. The third-order valence-corrected chi connectivity index (χ3v) is 5.37. The quantitative estimate of drug-likeness (QED) is 0.259. The van der Waals surface area contributed by atoms with Crippen molar-refractivity contribution < 1.29 is 23.8 Å². The summed E-state index contributed by atoms with van der Waals surface area (Å²) in [4.78, 5) is 25.2. The topological polar surface area (TPSA) is 97.9 Å². The molecule has 8 nitrogen and oxygen atoms in total. The largest absolute Gasteiger partial charge is 0.495 e. The second-order valence-electron chi connectivity index (χ2n) is 7.93. The predicted octanol–water partition coefficient (Wildman–Crippen LogP) is 5.72. The molecule has 37 heavy (non-hydrogen) atoms. The van der Waals surface area contributed by atoms with Crippen LogP contribution in [0, 0.1) is 0 Å². The summed E-state index contributed by atoms with van der Waals surface area (Å²) in [6.07, 6.45) is 0. The van der Waals surface area contributed by atoms with Gasteiger partial charge < -0.3 is 30.2 Å². The van der Waals surface area contributed by atoms with Crippen molar-refractivity contribution >= 4 is 34.6 Å². The lowest BCUT2D eigenvalue weighted by Gasteiger charge is -2.13. The summed E-state index contributed by atoms with van der Waals surface area (Å²) in [5.41, 5.74) is 3.46. The third kappa shape index (κ3) is 6.79. The summed E-state index contributed by atoms with van der Waals surface area (Å²) in [5.74, 6) is 0.553. The molecule has 0 aliphatic heterocycles. The fourth-order valence-electron chi connectivity index (χ4n) is 3.53. The van der Waals surface area contributed by atoms with Crippen LogP contribution < -0.4 is 30.2 Å². The van der Waals surface area contributed by atoms with Gasteiger partial charge in [-0.3, -0.25) is 9.59 Å². The zero-order valence-electron chi connectivity index (χ0n) is 20.5. The maximum absolute atomic E-state index is 12.8. The fraction of sp³-hybridized carbons (Fsp3) is 0.103. The van der Waals surface area contributed by atoms with Gasteiger partial charge in [0.2, 0.25) is 0 Å². The number of carbonyl (C=O) groups is 2. The zero-order chi connectivity index (χ0) is 26.0. The van der Waals surface area contributed by atoms with E-state index in [4.69, 9.17) is 14.2 Å². The SMILES string of the molecule is COc1ccccc1NC(=O)COc1ccc(C(=O)Nc2ccc(Nc3ccccc3)cc2)cc1OC. The van der Waals surface area contributed by atoms with Crippen molar-refractivity contribution in [3.8, 4) is 17.2 Å². The molecule has 0 aromatic heterocycles. The molecule has 0 unspecified atom stereocenters. The minimum Gasteiger partial charge on any atom is -0.495 e. The molecule has 4 aromatic rings. The van der Waals surface area contributed by atoms with Gasteiger partial charge >= 0.3 is 0 Å². The van der Waals surface area contributed by atoms with Crippen molar-refractivity contribution in [2.24, 2.45) is 0 Å². The van der Waals surface area contributed by atoms with Crippen molar-refractivity contribution in [1.29, 1.82) is 0 Å². The summed E-state index contributed by atoms with van der Waals surface area (Å²) in [6, 6.07) is 29.1. The molecule has 4 rings (SSSR count). The molecule has 188 valence electrons. The van der Waals surface area contributed by atoms with Crippen LogP contribution in [0.2, 0.25) is 0 Å². The number of nitrogens with one attached hydrogen (secondary N) is 3. The first kappa shape index (κ1) is 25.1. The second kappa shape index (κ2) is 12.1. The van der Waals surface area contributed by atoms with Crippen LogP contribution in [0.4, 0.5) is 22.7 Å². The Labute approximate surface area is 215 Å². The van der Waals surface area contributed by atoms with Crippen LogP contribution in [-0.4, -0.2) is 32.6 Å². The van der Waals surface area contributed by atoms with Gasteiger partial charge in [-0.1, -0.05) is 30.3 Å². The van der Waals surface area contributed by atoms with E-state index in [1.165, 1.54) is 14.2 Å². The molecule has 0 bridgehead atoms. The van der Waals surface area contributed by atoms with E-state index in [-0.39, 0.29) is 18.4 Å². The minimum atomic E-state index is -0.362. The van der Waals surface area contributed by atoms with Crippen LogP contribution in [0.1, 0.15) is 10.4 Å². The lowest BCUT2D eigenvalue weighted by atomic mass is 10.1. The van der Waals surface area contributed by atoms with E-state index in [1.807, 2.05) is 60.7 Å². The Hall–Kier alpha value is -4.98. The monoisotopic (exact) mass is 497 g/mol. The first-order chi connectivity index (χ1) is 18.1. The normalized spacial score (nSPS) is 10.2. The van der Waals surface area contributed by atoms with Crippen LogP contribution in [0.3, 0.4) is 0 Å². The summed E-state index contributed by atoms with van der Waals surface area (Å²) < 4.78 is 16.3. The number of anilines is 4. The maximum Gasteiger partial charge on any atom is 0.262 e. The highest BCUT2D eigenvalue weighted by molar-refractivity contribution is 6.04. The molecule has 2 amide bonds. The van der Waals surface area contributed by atoms with Crippen molar-refractivity contribution in [2.45, 2.75) is 0 Å². The van der Waals surface area contributed by atoms with Crippen LogP contribution in [-0.2, 0) is 4.79 Å². The molecule has 8 heteroatoms. The number of rotatable bonds is 10. The number of ether oxygens (including phenoxy) is 3. The maximum atomic E-state index is 12.8. The molecule has 0 atom stereocenters. The first-order valence-corrected chi connectivity index (χ1v) is 11.5. The molecule has 0 heterocycles. The molecule has 0 spiro atoms. The van der Waals surface area contributed by atoms with Gasteiger partial charge in [0.15, 0.2) is 18.1 Å². The van der Waals surface area contributed by atoms with Crippen LogP contribution >= 0.6 is 0 Å². The van der Waals surface area contributed by atoms with Crippen molar-refractivity contribution in [3.63, 3.8) is 0 Å². The molecule has 4 aromatic carbocycles. The summed E-state index contributed by atoms with van der Waals surface area (Å²) in [6.45, 7) is -0.247. The fourth-order valence-corrected chi connectivity index (χ4v) is 3.53. The van der Waals surface area contributed by atoms with Gasteiger partial charge in [0.25, 0.3) is 11.8 Å². The van der Waals surface area contributed by atoms with E-state index >= 15 is 0 Å². The highest BCUT2D eigenvalue weighted by Gasteiger charge is 2.14. The Balaban J connectivity index is 1.35. The smallest absolute Gasteiger partial charge is 0.262 e. The molecular formula is C29H27N3O5. The summed E-state index contributed by atoms with van der Waals surface area (Å²) in [7, 11) is 3.00. The van der Waals surface area contributed by atoms with Gasteiger partial charge in [0.05, 0.1) is 19.9 Å². The van der Waals surface area contributed by atoms with Gasteiger partial charge in [-0.15, -0.1) is 0 Å². The number of carbonyl (C=O) groups excluding carboxylic acids is 2. The Morgan fingerprint density at radius 3 is 2.03 bits per heavy atom. The van der Waals surface area contributed by atoms with Crippen molar-refractivity contribution in [3.05, 3.63) is 103 Å². The third-order valence-electron chi connectivity index (χ3n) is 5.37. The number of hydrogen-bond acceptors (Lipinski definition) is 6. The van der Waals surface area contributed by atoms with E-state index in [2.05, 4.69) is 16.0 Å². The van der Waals surface area contributed by atoms with Crippen LogP contribution in [0.25, 0.3) is 0 Å².